The second kappa shape index (κ2) is 9.90. The van der Waals surface area contributed by atoms with E-state index < -0.39 is 13.0 Å². The zero-order chi connectivity index (χ0) is 21.6. The van der Waals surface area contributed by atoms with Crippen LogP contribution in [0.4, 0.5) is 14.6 Å². The van der Waals surface area contributed by atoms with Crippen LogP contribution in [0, 0.1) is 19.8 Å². The fourth-order valence-corrected chi connectivity index (χ4v) is 2.39. The Kier molecular flexibility index (Phi) is 7.58. The van der Waals surface area contributed by atoms with Crippen molar-refractivity contribution >= 4 is 17.6 Å². The average Bonchev–Trinajstić information content (AvgIpc) is 2.64. The van der Waals surface area contributed by atoms with E-state index in [2.05, 4.69) is 20.6 Å². The number of aromatic nitrogens is 2. The molecule has 0 unspecified atom stereocenters. The van der Waals surface area contributed by atoms with Crippen LogP contribution < -0.4 is 15.4 Å². The van der Waals surface area contributed by atoms with Gasteiger partial charge in [-0.3, -0.25) is 9.59 Å². The fraction of sp³-hybridized carbons (Fsp3) is 0.400. The first kappa shape index (κ1) is 22.2. The van der Waals surface area contributed by atoms with Crippen LogP contribution in [0.3, 0.4) is 0 Å². The molecule has 0 fully saturated rings. The number of carbonyl (C=O) groups excluding carboxylic acids is 2. The third kappa shape index (κ3) is 6.78. The Hall–Kier alpha value is -3.10. The molecule has 2 heterocycles. The summed E-state index contributed by atoms with van der Waals surface area (Å²) in [4.78, 5) is 32.7. The first-order valence-corrected chi connectivity index (χ1v) is 9.11. The number of alkyl halides is 2. The van der Waals surface area contributed by atoms with Crippen LogP contribution >= 0.6 is 0 Å². The van der Waals surface area contributed by atoms with Crippen molar-refractivity contribution in [2.24, 2.45) is 5.92 Å². The van der Waals surface area contributed by atoms with Gasteiger partial charge in [-0.25, -0.2) is 18.7 Å². The third-order valence-electron chi connectivity index (χ3n) is 3.96. The minimum absolute atomic E-state index is 0.105. The molecule has 2 N–H and O–H groups in total. The van der Waals surface area contributed by atoms with Crippen LogP contribution in [0.1, 0.15) is 41.2 Å². The zero-order valence-electron chi connectivity index (χ0n) is 16.8. The van der Waals surface area contributed by atoms with E-state index in [0.29, 0.717) is 22.8 Å². The zero-order valence-corrected chi connectivity index (χ0v) is 16.8. The van der Waals surface area contributed by atoms with Crippen molar-refractivity contribution in [3.63, 3.8) is 0 Å². The van der Waals surface area contributed by atoms with Crippen molar-refractivity contribution in [1.82, 2.24) is 15.3 Å². The number of halogens is 2. The molecule has 0 radical (unpaired) electrons. The summed E-state index contributed by atoms with van der Waals surface area (Å²) in [5.41, 5.74) is 2.24. The lowest BCUT2D eigenvalue weighted by Gasteiger charge is -2.12. The SMILES string of the molecule is Cc1cc(C(=O)NCc2ccc(OCC(F)F)nc2C)cc(NC(=O)C(C)C)n1. The second-order valence-electron chi connectivity index (χ2n) is 6.81. The van der Waals surface area contributed by atoms with Gasteiger partial charge in [0.15, 0.2) is 6.61 Å². The number of amides is 2. The predicted molar refractivity (Wildman–Crippen MR) is 104 cm³/mol. The molecule has 2 rings (SSSR count). The molecule has 0 aliphatic rings. The van der Waals surface area contributed by atoms with Crippen molar-refractivity contribution in [1.29, 1.82) is 0 Å². The molecule has 0 atom stereocenters. The van der Waals surface area contributed by atoms with Gasteiger partial charge in [0.1, 0.15) is 5.82 Å². The predicted octanol–water partition coefficient (Wildman–Crippen LogP) is 3.26. The molecule has 2 amide bonds. The lowest BCUT2D eigenvalue weighted by molar-refractivity contribution is -0.118. The highest BCUT2D eigenvalue weighted by Crippen LogP contribution is 2.15. The van der Waals surface area contributed by atoms with Gasteiger partial charge in [-0.05, 0) is 31.5 Å². The maximum atomic E-state index is 12.5. The second-order valence-corrected chi connectivity index (χ2v) is 6.81. The molecule has 2 aromatic rings. The van der Waals surface area contributed by atoms with Gasteiger partial charge >= 0.3 is 0 Å². The summed E-state index contributed by atoms with van der Waals surface area (Å²) < 4.78 is 29.3. The molecular weight excluding hydrogens is 382 g/mol. The first-order chi connectivity index (χ1) is 13.7. The van der Waals surface area contributed by atoms with Crippen molar-refractivity contribution in [2.75, 3.05) is 11.9 Å². The molecular formula is C20H24F2N4O3. The number of hydrogen-bond acceptors (Lipinski definition) is 5. The highest BCUT2D eigenvalue weighted by molar-refractivity contribution is 5.97. The molecule has 0 aliphatic heterocycles. The summed E-state index contributed by atoms with van der Waals surface area (Å²) >= 11 is 0. The monoisotopic (exact) mass is 406 g/mol. The standard InChI is InChI=1S/C20H24F2N4O3/c1-11(2)19(27)26-17-8-15(7-12(3)24-17)20(28)23-9-14-5-6-18(25-13(14)4)29-10-16(21)22/h5-8,11,16H,9-10H2,1-4H3,(H,23,28)(H,24,26,27). The fourth-order valence-electron chi connectivity index (χ4n) is 2.39. The Morgan fingerprint density at radius 2 is 1.86 bits per heavy atom. The van der Waals surface area contributed by atoms with E-state index in [1.807, 2.05) is 0 Å². The maximum Gasteiger partial charge on any atom is 0.272 e. The quantitative estimate of drug-likeness (QED) is 0.702. The summed E-state index contributed by atoms with van der Waals surface area (Å²) in [7, 11) is 0. The van der Waals surface area contributed by atoms with Gasteiger partial charge in [0, 0.05) is 35.5 Å². The van der Waals surface area contributed by atoms with E-state index in [1.54, 1.807) is 39.8 Å². The van der Waals surface area contributed by atoms with Crippen molar-refractivity contribution < 1.29 is 23.1 Å². The number of hydrogen-bond donors (Lipinski definition) is 2. The van der Waals surface area contributed by atoms with Gasteiger partial charge in [0.05, 0.1) is 0 Å². The van der Waals surface area contributed by atoms with Gasteiger partial charge in [-0.1, -0.05) is 19.9 Å². The number of aryl methyl sites for hydroxylation is 2. The topological polar surface area (TPSA) is 93.2 Å². The lowest BCUT2D eigenvalue weighted by Crippen LogP contribution is -2.24. The Labute approximate surface area is 167 Å². The molecule has 0 saturated heterocycles. The minimum atomic E-state index is -2.57. The smallest absolute Gasteiger partial charge is 0.272 e. The molecule has 156 valence electrons. The lowest BCUT2D eigenvalue weighted by atomic mass is 10.1. The molecule has 0 saturated carbocycles. The van der Waals surface area contributed by atoms with Gasteiger partial charge in [-0.15, -0.1) is 0 Å². The summed E-state index contributed by atoms with van der Waals surface area (Å²) in [6.07, 6.45) is -2.57. The Balaban J connectivity index is 2.03. The first-order valence-electron chi connectivity index (χ1n) is 9.11. The van der Waals surface area contributed by atoms with Crippen LogP contribution in [0.25, 0.3) is 0 Å². The van der Waals surface area contributed by atoms with Gasteiger partial charge < -0.3 is 15.4 Å². The van der Waals surface area contributed by atoms with E-state index in [4.69, 9.17) is 4.74 Å². The summed E-state index contributed by atoms with van der Waals surface area (Å²) in [5.74, 6) is -0.323. The maximum absolute atomic E-state index is 12.5. The molecule has 0 aliphatic carbocycles. The average molecular weight is 406 g/mol. The number of rotatable bonds is 8. The van der Waals surface area contributed by atoms with Gasteiger partial charge in [0.25, 0.3) is 12.3 Å². The number of ether oxygens (including phenoxy) is 1. The van der Waals surface area contributed by atoms with Crippen LogP contribution in [0.5, 0.6) is 5.88 Å². The largest absolute Gasteiger partial charge is 0.472 e. The van der Waals surface area contributed by atoms with Crippen LogP contribution in [-0.4, -0.2) is 34.8 Å². The van der Waals surface area contributed by atoms with E-state index in [0.717, 1.165) is 5.56 Å². The van der Waals surface area contributed by atoms with Crippen LogP contribution in [0.15, 0.2) is 24.3 Å². The number of pyridine rings is 2. The molecule has 0 aromatic carbocycles. The molecule has 9 heteroatoms. The number of nitrogens with zero attached hydrogens (tertiary/aromatic N) is 2. The highest BCUT2D eigenvalue weighted by atomic mass is 19.3. The van der Waals surface area contributed by atoms with E-state index in [9.17, 15) is 18.4 Å². The summed E-state index contributed by atoms with van der Waals surface area (Å²) in [6.45, 7) is 6.43. The van der Waals surface area contributed by atoms with Gasteiger partial charge in [0.2, 0.25) is 11.8 Å². The highest BCUT2D eigenvalue weighted by Gasteiger charge is 2.13. The number of carbonyl (C=O) groups is 2. The van der Waals surface area contributed by atoms with E-state index in [1.165, 1.54) is 12.1 Å². The van der Waals surface area contributed by atoms with Gasteiger partial charge in [-0.2, -0.15) is 0 Å². The molecule has 0 spiro atoms. The summed E-state index contributed by atoms with van der Waals surface area (Å²) in [6, 6.07) is 6.27. The number of nitrogens with one attached hydrogen (secondary N) is 2. The van der Waals surface area contributed by atoms with Crippen LogP contribution in [-0.2, 0) is 11.3 Å². The Morgan fingerprint density at radius 3 is 2.48 bits per heavy atom. The minimum Gasteiger partial charge on any atom is -0.472 e. The molecule has 2 aromatic heterocycles. The Morgan fingerprint density at radius 1 is 1.14 bits per heavy atom. The molecule has 0 bridgehead atoms. The van der Waals surface area contributed by atoms with Crippen LogP contribution in [0.2, 0.25) is 0 Å². The Bertz CT molecular complexity index is 888. The normalized spacial score (nSPS) is 10.9. The van der Waals surface area contributed by atoms with E-state index in [-0.39, 0.29) is 30.2 Å². The van der Waals surface area contributed by atoms with Crippen molar-refractivity contribution in [3.8, 4) is 5.88 Å². The third-order valence-corrected chi connectivity index (χ3v) is 3.96. The van der Waals surface area contributed by atoms with Crippen molar-refractivity contribution in [3.05, 3.63) is 46.8 Å². The number of anilines is 1. The summed E-state index contributed by atoms with van der Waals surface area (Å²) in [5, 5.41) is 5.46. The molecule has 7 nitrogen and oxygen atoms in total. The molecule has 29 heavy (non-hydrogen) atoms. The van der Waals surface area contributed by atoms with Crippen molar-refractivity contribution in [2.45, 2.75) is 40.7 Å². The van der Waals surface area contributed by atoms with E-state index >= 15 is 0 Å².